The van der Waals surface area contributed by atoms with Crippen molar-refractivity contribution in [2.75, 3.05) is 10.8 Å². The van der Waals surface area contributed by atoms with E-state index >= 15 is 0 Å². The molecule has 0 aliphatic rings. The Kier molecular flexibility index (Phi) is 5.42. The summed E-state index contributed by atoms with van der Waals surface area (Å²) in [4.78, 5) is -0.0149. The minimum atomic E-state index is -3.78. The van der Waals surface area contributed by atoms with Crippen molar-refractivity contribution in [1.82, 2.24) is 0 Å². The number of benzene rings is 2. The maximum Gasteiger partial charge on any atom is 0.264 e. The van der Waals surface area contributed by atoms with Crippen LogP contribution in [0.5, 0.6) is 0 Å². The van der Waals surface area contributed by atoms with Crippen molar-refractivity contribution < 1.29 is 12.8 Å². The normalized spacial score (nSPS) is 11.4. The third kappa shape index (κ3) is 3.59. The van der Waals surface area contributed by atoms with Gasteiger partial charge in [-0.05, 0) is 36.8 Å². The molecule has 0 radical (unpaired) electrons. The Hall–Kier alpha value is -1.59. The Morgan fingerprint density at radius 1 is 1.14 bits per heavy atom. The highest BCUT2D eigenvalue weighted by molar-refractivity contribution is 7.92. The van der Waals surface area contributed by atoms with E-state index in [-0.39, 0.29) is 9.92 Å². The molecule has 0 aromatic heterocycles. The molecule has 0 saturated carbocycles. The molecule has 0 saturated heterocycles. The second kappa shape index (κ2) is 7.11. The molecule has 22 heavy (non-hydrogen) atoms. The van der Waals surface area contributed by atoms with Gasteiger partial charge < -0.3 is 0 Å². The summed E-state index contributed by atoms with van der Waals surface area (Å²) < 4.78 is 40.3. The Bertz CT molecular complexity index is 735. The van der Waals surface area contributed by atoms with Crippen LogP contribution in [0.15, 0.2) is 53.4 Å². The smallest absolute Gasteiger partial charge is 0.264 e. The maximum absolute atomic E-state index is 13.3. The Morgan fingerprint density at radius 3 is 2.41 bits per heavy atom. The molecule has 0 heterocycles. The minimum Gasteiger partial charge on any atom is -0.266 e. The van der Waals surface area contributed by atoms with Gasteiger partial charge in [0.15, 0.2) is 0 Å². The first-order valence-electron chi connectivity index (χ1n) is 6.99. The zero-order valence-corrected chi connectivity index (χ0v) is 13.7. The van der Waals surface area contributed by atoms with Crippen molar-refractivity contribution in [3.8, 4) is 0 Å². The molecule has 0 aliphatic carbocycles. The third-order valence-electron chi connectivity index (χ3n) is 3.24. The van der Waals surface area contributed by atoms with Crippen LogP contribution in [0.4, 0.5) is 10.1 Å². The van der Waals surface area contributed by atoms with Crippen LogP contribution in [0, 0.1) is 5.82 Å². The van der Waals surface area contributed by atoms with E-state index in [9.17, 15) is 12.8 Å². The van der Waals surface area contributed by atoms with Crippen LogP contribution in [-0.4, -0.2) is 15.0 Å². The van der Waals surface area contributed by atoms with Crippen molar-refractivity contribution in [1.29, 1.82) is 0 Å². The predicted molar refractivity (Wildman–Crippen MR) is 87.3 cm³/mol. The van der Waals surface area contributed by atoms with Gasteiger partial charge >= 0.3 is 0 Å². The van der Waals surface area contributed by atoms with Gasteiger partial charge in [0.1, 0.15) is 5.82 Å². The molecule has 3 nitrogen and oxygen atoms in total. The fourth-order valence-corrected chi connectivity index (χ4v) is 3.82. The minimum absolute atomic E-state index is 0.0149. The quantitative estimate of drug-likeness (QED) is 0.777. The van der Waals surface area contributed by atoms with Crippen LogP contribution in [0.1, 0.15) is 19.8 Å². The van der Waals surface area contributed by atoms with Crippen LogP contribution >= 0.6 is 11.6 Å². The lowest BCUT2D eigenvalue weighted by molar-refractivity contribution is 0.587. The molecule has 0 amide bonds. The molecule has 0 fully saturated rings. The first-order chi connectivity index (χ1) is 10.5. The topological polar surface area (TPSA) is 37.4 Å². The van der Waals surface area contributed by atoms with Crippen molar-refractivity contribution in [2.24, 2.45) is 0 Å². The highest BCUT2D eigenvalue weighted by atomic mass is 35.5. The van der Waals surface area contributed by atoms with Crippen molar-refractivity contribution >= 4 is 27.3 Å². The second-order valence-electron chi connectivity index (χ2n) is 4.84. The summed E-state index contributed by atoms with van der Waals surface area (Å²) in [5.41, 5.74) is 0.580. The van der Waals surface area contributed by atoms with Gasteiger partial charge in [-0.25, -0.2) is 12.8 Å². The van der Waals surface area contributed by atoms with E-state index in [0.717, 1.165) is 25.0 Å². The molecule has 2 rings (SSSR count). The lowest BCUT2D eigenvalue weighted by Gasteiger charge is -2.24. The standard InChI is InChI=1S/C16H17ClFNO2S/c1-2-3-11-19(13-7-5-4-6-8-13)22(20,21)14-9-10-16(18)15(17)12-14/h4-10,12H,2-3,11H2,1H3. The number of anilines is 1. The van der Waals surface area contributed by atoms with E-state index in [1.54, 1.807) is 24.3 Å². The average molecular weight is 342 g/mol. The summed E-state index contributed by atoms with van der Waals surface area (Å²) in [6.07, 6.45) is 1.59. The van der Waals surface area contributed by atoms with Gasteiger partial charge in [-0.1, -0.05) is 43.1 Å². The molecule has 0 spiro atoms. The average Bonchev–Trinajstić information content (AvgIpc) is 2.51. The Morgan fingerprint density at radius 2 is 1.82 bits per heavy atom. The van der Waals surface area contributed by atoms with E-state index in [2.05, 4.69) is 0 Å². The third-order valence-corrected chi connectivity index (χ3v) is 5.35. The van der Waals surface area contributed by atoms with E-state index in [0.29, 0.717) is 12.2 Å². The molecule has 2 aromatic carbocycles. The lowest BCUT2D eigenvalue weighted by atomic mass is 10.3. The molecule has 0 N–H and O–H groups in total. The van der Waals surface area contributed by atoms with Gasteiger partial charge in [0.25, 0.3) is 10.0 Å². The monoisotopic (exact) mass is 341 g/mol. The number of para-hydroxylation sites is 1. The van der Waals surface area contributed by atoms with Gasteiger partial charge in [0.05, 0.1) is 15.6 Å². The molecule has 0 unspecified atom stereocenters. The SMILES string of the molecule is CCCCN(c1ccccc1)S(=O)(=O)c1ccc(F)c(Cl)c1. The molecular formula is C16H17ClFNO2S. The molecule has 0 atom stereocenters. The summed E-state index contributed by atoms with van der Waals surface area (Å²) in [6.45, 7) is 2.35. The Labute approximate surface area is 135 Å². The van der Waals surface area contributed by atoms with Gasteiger partial charge in [0.2, 0.25) is 0 Å². The van der Waals surface area contributed by atoms with Gasteiger partial charge in [-0.3, -0.25) is 4.31 Å². The predicted octanol–water partition coefficient (Wildman–Crippen LogP) is 4.47. The highest BCUT2D eigenvalue weighted by Crippen LogP contribution is 2.26. The van der Waals surface area contributed by atoms with Gasteiger partial charge in [-0.2, -0.15) is 0 Å². The fourth-order valence-electron chi connectivity index (χ4n) is 2.05. The number of rotatable bonds is 6. The molecule has 0 bridgehead atoms. The number of hydrogen-bond acceptors (Lipinski definition) is 2. The number of hydrogen-bond donors (Lipinski definition) is 0. The summed E-state index contributed by atoms with van der Waals surface area (Å²) in [5, 5.41) is -0.204. The van der Waals surface area contributed by atoms with E-state index in [1.807, 2.05) is 13.0 Å². The maximum atomic E-state index is 13.3. The van der Waals surface area contributed by atoms with Crippen LogP contribution in [0.2, 0.25) is 5.02 Å². The van der Waals surface area contributed by atoms with Gasteiger partial charge in [-0.15, -0.1) is 0 Å². The van der Waals surface area contributed by atoms with Crippen LogP contribution in [0.3, 0.4) is 0 Å². The summed E-state index contributed by atoms with van der Waals surface area (Å²) in [6, 6.07) is 12.3. The number of nitrogens with zero attached hydrogens (tertiary/aromatic N) is 1. The molecule has 2 aromatic rings. The zero-order chi connectivity index (χ0) is 16.2. The number of unbranched alkanes of at least 4 members (excludes halogenated alkanes) is 1. The first-order valence-corrected chi connectivity index (χ1v) is 8.81. The van der Waals surface area contributed by atoms with Crippen LogP contribution in [0.25, 0.3) is 0 Å². The lowest BCUT2D eigenvalue weighted by Crippen LogP contribution is -2.32. The van der Waals surface area contributed by atoms with Gasteiger partial charge in [0, 0.05) is 6.54 Å². The number of halogens is 2. The van der Waals surface area contributed by atoms with Crippen LogP contribution < -0.4 is 4.31 Å². The van der Waals surface area contributed by atoms with E-state index in [1.165, 1.54) is 10.4 Å². The molecule has 0 aliphatic heterocycles. The van der Waals surface area contributed by atoms with Crippen LogP contribution in [-0.2, 0) is 10.0 Å². The number of sulfonamides is 1. The zero-order valence-electron chi connectivity index (χ0n) is 12.2. The Balaban J connectivity index is 2.46. The summed E-state index contributed by atoms with van der Waals surface area (Å²) in [5.74, 6) is -0.638. The van der Waals surface area contributed by atoms with Crippen molar-refractivity contribution in [2.45, 2.75) is 24.7 Å². The molecule has 118 valence electrons. The molecular weight excluding hydrogens is 325 g/mol. The van der Waals surface area contributed by atoms with E-state index in [4.69, 9.17) is 11.6 Å². The second-order valence-corrected chi connectivity index (χ2v) is 7.11. The van der Waals surface area contributed by atoms with E-state index < -0.39 is 15.8 Å². The first kappa shape index (κ1) is 16.8. The summed E-state index contributed by atoms with van der Waals surface area (Å²) >= 11 is 5.72. The van der Waals surface area contributed by atoms with Crippen molar-refractivity contribution in [3.05, 3.63) is 59.4 Å². The highest BCUT2D eigenvalue weighted by Gasteiger charge is 2.25. The summed E-state index contributed by atoms with van der Waals surface area (Å²) in [7, 11) is -3.78. The fraction of sp³-hybridized carbons (Fsp3) is 0.250. The largest absolute Gasteiger partial charge is 0.266 e. The molecule has 6 heteroatoms. The van der Waals surface area contributed by atoms with Crippen molar-refractivity contribution in [3.63, 3.8) is 0 Å².